The molecule has 3 heteroatoms. The number of hydrogen-bond donors (Lipinski definition) is 0. The average molecular weight is 670 g/mol. The molecule has 2 aromatic heterocycles. The normalized spacial score (nSPS) is 11.5. The van der Waals surface area contributed by atoms with Crippen molar-refractivity contribution < 1.29 is 4.42 Å². The molecule has 8 aromatic carbocycles. The van der Waals surface area contributed by atoms with Crippen LogP contribution in [0.1, 0.15) is 0 Å². The molecule has 0 saturated heterocycles. The summed E-state index contributed by atoms with van der Waals surface area (Å²) in [5.74, 6) is 0. The van der Waals surface area contributed by atoms with Crippen molar-refractivity contribution in [2.75, 3.05) is 4.90 Å². The Morgan fingerprint density at radius 2 is 0.941 bits per heavy atom. The molecule has 0 aliphatic heterocycles. The quantitative estimate of drug-likeness (QED) is 0.175. The highest BCUT2D eigenvalue weighted by molar-refractivity contribution is 7.26. The number of furan rings is 1. The summed E-state index contributed by atoms with van der Waals surface area (Å²) >= 11 is 1.87. The minimum atomic E-state index is 0.904. The Bertz CT molecular complexity index is 2830. The van der Waals surface area contributed by atoms with Crippen molar-refractivity contribution in [3.8, 4) is 33.4 Å². The van der Waals surface area contributed by atoms with Crippen molar-refractivity contribution >= 4 is 70.5 Å². The van der Waals surface area contributed by atoms with Gasteiger partial charge in [0.05, 0.1) is 10.4 Å². The third kappa shape index (κ3) is 5.01. The monoisotopic (exact) mass is 669 g/mol. The van der Waals surface area contributed by atoms with Crippen LogP contribution in [0.5, 0.6) is 0 Å². The van der Waals surface area contributed by atoms with E-state index in [1.165, 1.54) is 53.7 Å². The Morgan fingerprint density at radius 3 is 1.69 bits per heavy atom. The molecule has 0 aliphatic carbocycles. The highest BCUT2D eigenvalue weighted by Crippen LogP contribution is 2.50. The fourth-order valence-corrected chi connectivity index (χ4v) is 8.73. The van der Waals surface area contributed by atoms with Crippen LogP contribution in [0.2, 0.25) is 0 Å². The molecular formula is C48H31NOS. The minimum absolute atomic E-state index is 0.904. The van der Waals surface area contributed by atoms with E-state index in [1.54, 1.807) is 0 Å². The molecule has 0 radical (unpaired) electrons. The Morgan fingerprint density at radius 1 is 0.373 bits per heavy atom. The first-order valence-corrected chi connectivity index (χ1v) is 18.1. The molecule has 2 heterocycles. The number of para-hydroxylation sites is 1. The van der Waals surface area contributed by atoms with Gasteiger partial charge in [0.15, 0.2) is 0 Å². The van der Waals surface area contributed by atoms with Gasteiger partial charge >= 0.3 is 0 Å². The van der Waals surface area contributed by atoms with Gasteiger partial charge in [0.25, 0.3) is 0 Å². The van der Waals surface area contributed by atoms with Crippen LogP contribution in [-0.4, -0.2) is 0 Å². The SMILES string of the molecule is c1ccc(-c2ccc(N(c3ccc(-c4cccc5oc6ccccc6c45)cc3)c3c(-c4ccccc4)ccc4c3sc3ccccc34)cc2)cc1. The number of fused-ring (bicyclic) bond motifs is 6. The van der Waals surface area contributed by atoms with E-state index in [2.05, 4.69) is 181 Å². The topological polar surface area (TPSA) is 16.4 Å². The maximum absolute atomic E-state index is 6.25. The van der Waals surface area contributed by atoms with Gasteiger partial charge in [-0.15, -0.1) is 11.3 Å². The van der Waals surface area contributed by atoms with Crippen LogP contribution in [0, 0.1) is 0 Å². The lowest BCUT2D eigenvalue weighted by molar-refractivity contribution is 0.669. The van der Waals surface area contributed by atoms with Gasteiger partial charge in [0.1, 0.15) is 11.2 Å². The smallest absolute Gasteiger partial charge is 0.136 e. The van der Waals surface area contributed by atoms with Crippen molar-refractivity contribution in [1.82, 2.24) is 0 Å². The van der Waals surface area contributed by atoms with E-state index < -0.39 is 0 Å². The number of benzene rings is 8. The molecule has 10 aromatic rings. The lowest BCUT2D eigenvalue weighted by Crippen LogP contribution is -2.11. The Balaban J connectivity index is 1.20. The van der Waals surface area contributed by atoms with Gasteiger partial charge in [-0.25, -0.2) is 0 Å². The third-order valence-electron chi connectivity index (χ3n) is 9.90. The number of thiophene rings is 1. The van der Waals surface area contributed by atoms with Crippen molar-refractivity contribution in [1.29, 1.82) is 0 Å². The average Bonchev–Trinajstić information content (AvgIpc) is 3.78. The Labute approximate surface area is 300 Å². The molecule has 0 saturated carbocycles. The van der Waals surface area contributed by atoms with E-state index in [9.17, 15) is 0 Å². The minimum Gasteiger partial charge on any atom is -0.456 e. The summed E-state index contributed by atoms with van der Waals surface area (Å²) in [5.41, 5.74) is 12.3. The number of nitrogens with zero attached hydrogens (tertiary/aromatic N) is 1. The summed E-state index contributed by atoms with van der Waals surface area (Å²) in [6.07, 6.45) is 0. The molecule has 0 N–H and O–H groups in total. The van der Waals surface area contributed by atoms with Crippen molar-refractivity contribution in [3.63, 3.8) is 0 Å². The summed E-state index contributed by atoms with van der Waals surface area (Å²) in [7, 11) is 0. The summed E-state index contributed by atoms with van der Waals surface area (Å²) in [6.45, 7) is 0. The number of rotatable bonds is 6. The van der Waals surface area contributed by atoms with Crippen LogP contribution in [0.3, 0.4) is 0 Å². The zero-order chi connectivity index (χ0) is 33.7. The van der Waals surface area contributed by atoms with Crippen LogP contribution in [0.25, 0.3) is 75.5 Å². The molecule has 0 bridgehead atoms. The van der Waals surface area contributed by atoms with Gasteiger partial charge in [-0.05, 0) is 70.3 Å². The first-order chi connectivity index (χ1) is 25.3. The van der Waals surface area contributed by atoms with Gasteiger partial charge in [0, 0.05) is 43.2 Å². The second-order valence-electron chi connectivity index (χ2n) is 12.9. The lowest BCUT2D eigenvalue weighted by atomic mass is 9.97. The molecule has 0 fully saturated rings. The molecule has 10 rings (SSSR count). The zero-order valence-corrected chi connectivity index (χ0v) is 28.5. The van der Waals surface area contributed by atoms with Gasteiger partial charge in [-0.3, -0.25) is 0 Å². The molecule has 51 heavy (non-hydrogen) atoms. The number of anilines is 3. The van der Waals surface area contributed by atoms with Crippen LogP contribution >= 0.6 is 11.3 Å². The molecule has 0 atom stereocenters. The Hall–Kier alpha value is -6.42. The maximum atomic E-state index is 6.25. The highest BCUT2D eigenvalue weighted by Gasteiger charge is 2.23. The summed E-state index contributed by atoms with van der Waals surface area (Å²) in [4.78, 5) is 2.45. The van der Waals surface area contributed by atoms with E-state index in [0.29, 0.717) is 0 Å². The predicted molar refractivity (Wildman–Crippen MR) is 218 cm³/mol. The Kier molecular flexibility index (Phi) is 7.04. The fourth-order valence-electron chi connectivity index (χ4n) is 7.49. The highest BCUT2D eigenvalue weighted by atomic mass is 32.1. The van der Waals surface area contributed by atoms with E-state index in [-0.39, 0.29) is 0 Å². The predicted octanol–water partition coefficient (Wildman–Crippen LogP) is 14.4. The van der Waals surface area contributed by atoms with Crippen molar-refractivity contribution in [3.05, 3.63) is 188 Å². The standard InChI is InChI=1S/C48H31NOS/c1-3-12-32(13-4-1)33-22-26-36(27-23-33)49(37-28-24-35(25-29-37)38-18-11-20-44-46(38)42-17-7-9-19-43(42)50-44)47-39(34-14-5-2-6-15-34)30-31-41-40-16-8-10-21-45(40)51-48(41)47/h1-31H. The second kappa shape index (κ2) is 12.2. The summed E-state index contributed by atoms with van der Waals surface area (Å²) < 4.78 is 8.80. The molecule has 2 nitrogen and oxygen atoms in total. The lowest BCUT2D eigenvalue weighted by Gasteiger charge is -2.29. The first kappa shape index (κ1) is 29.5. The first-order valence-electron chi connectivity index (χ1n) is 17.3. The van der Waals surface area contributed by atoms with E-state index in [1.807, 2.05) is 23.5 Å². The molecular weight excluding hydrogens is 639 g/mol. The molecule has 0 amide bonds. The van der Waals surface area contributed by atoms with Crippen molar-refractivity contribution in [2.45, 2.75) is 0 Å². The van der Waals surface area contributed by atoms with Crippen LogP contribution in [-0.2, 0) is 0 Å². The zero-order valence-electron chi connectivity index (χ0n) is 27.7. The van der Waals surface area contributed by atoms with Gasteiger partial charge in [0.2, 0.25) is 0 Å². The van der Waals surface area contributed by atoms with E-state index >= 15 is 0 Å². The number of hydrogen-bond acceptors (Lipinski definition) is 3. The van der Waals surface area contributed by atoms with E-state index in [0.717, 1.165) is 38.9 Å². The van der Waals surface area contributed by atoms with E-state index in [4.69, 9.17) is 4.42 Å². The third-order valence-corrected chi connectivity index (χ3v) is 11.1. The molecule has 0 spiro atoms. The van der Waals surface area contributed by atoms with Gasteiger partial charge in [-0.2, -0.15) is 0 Å². The largest absolute Gasteiger partial charge is 0.456 e. The van der Waals surface area contributed by atoms with Crippen LogP contribution in [0.4, 0.5) is 17.1 Å². The second-order valence-corrected chi connectivity index (χ2v) is 13.9. The molecule has 240 valence electrons. The van der Waals surface area contributed by atoms with Crippen LogP contribution in [0.15, 0.2) is 192 Å². The van der Waals surface area contributed by atoms with Crippen LogP contribution < -0.4 is 4.90 Å². The summed E-state index contributed by atoms with van der Waals surface area (Å²) in [6, 6.07) is 67.4. The fraction of sp³-hybridized carbons (Fsp3) is 0. The van der Waals surface area contributed by atoms with Gasteiger partial charge in [-0.1, -0.05) is 146 Å². The summed E-state index contributed by atoms with van der Waals surface area (Å²) in [5, 5.41) is 4.84. The molecule has 0 aliphatic rings. The van der Waals surface area contributed by atoms with Crippen molar-refractivity contribution in [2.24, 2.45) is 0 Å². The maximum Gasteiger partial charge on any atom is 0.136 e. The van der Waals surface area contributed by atoms with Gasteiger partial charge < -0.3 is 9.32 Å². The molecule has 0 unspecified atom stereocenters.